The van der Waals surface area contributed by atoms with Crippen LogP contribution in [0.1, 0.15) is 85.6 Å². The standard InChI is InChI=1S/C25H30N4O9.C4H10N2O.2C2H6/c1-16(30)38-15-17-6-8-18(9-7-17)27-21(32)14-26-25(37)19(13-24(35)36)28-20(31)5-3-2-4-12-29-22(33)10-11-23(29)34;1-2-3-6-4(5)7;2*1-2/h6-11,19H,2-5,12-15H2,1H3,(H,26,37)(H,27,32)(H,28,31)(H,35,36);2-3H2,1H3,(H3,5,6,7);2*1-2H3. The Bertz CT molecular complexity index is 1230. The fourth-order valence-corrected chi connectivity index (χ4v) is 3.65. The molecule has 1 heterocycles. The largest absolute Gasteiger partial charge is 0.481 e. The van der Waals surface area contributed by atoms with Crippen LogP contribution in [0.5, 0.6) is 0 Å². The Hall–Kier alpha value is -5.28. The highest BCUT2D eigenvalue weighted by molar-refractivity contribution is 6.12. The number of benzene rings is 1. The van der Waals surface area contributed by atoms with Gasteiger partial charge in [0.1, 0.15) is 12.6 Å². The minimum atomic E-state index is -1.38. The predicted octanol–water partition coefficient (Wildman–Crippen LogP) is 2.37. The van der Waals surface area contributed by atoms with Gasteiger partial charge in [-0.3, -0.25) is 38.5 Å². The van der Waals surface area contributed by atoms with Gasteiger partial charge in [0.25, 0.3) is 11.8 Å². The van der Waals surface area contributed by atoms with Crippen molar-refractivity contribution in [1.82, 2.24) is 20.9 Å². The van der Waals surface area contributed by atoms with Crippen molar-refractivity contribution in [2.24, 2.45) is 5.73 Å². The Labute approximate surface area is 287 Å². The molecule has 49 heavy (non-hydrogen) atoms. The van der Waals surface area contributed by atoms with Gasteiger partial charge in [-0.1, -0.05) is 53.2 Å². The molecule has 0 radical (unpaired) electrons. The summed E-state index contributed by atoms with van der Waals surface area (Å²) in [5.74, 6) is -4.42. The van der Waals surface area contributed by atoms with Crippen LogP contribution in [-0.2, 0) is 44.9 Å². The molecule has 1 aromatic rings. The average molecular weight is 693 g/mol. The Kier molecular flexibility index (Phi) is 26.0. The third kappa shape index (κ3) is 22.8. The van der Waals surface area contributed by atoms with Crippen LogP contribution in [0.25, 0.3) is 0 Å². The number of rotatable bonds is 17. The summed E-state index contributed by atoms with van der Waals surface area (Å²) in [4.78, 5) is 92.8. The summed E-state index contributed by atoms with van der Waals surface area (Å²) < 4.78 is 4.88. The number of nitrogens with one attached hydrogen (secondary N) is 4. The van der Waals surface area contributed by atoms with Gasteiger partial charge in [0, 0.05) is 44.3 Å². The quantitative estimate of drug-likeness (QED) is 0.0791. The number of carbonyl (C=O) groups is 8. The fraction of sp³-hybridized carbons (Fsp3) is 0.515. The maximum atomic E-state index is 12.4. The molecule has 2 rings (SSSR count). The van der Waals surface area contributed by atoms with E-state index in [1.165, 1.54) is 19.1 Å². The highest BCUT2D eigenvalue weighted by Gasteiger charge is 2.25. The second kappa shape index (κ2) is 27.8. The molecule has 7 amide bonds. The van der Waals surface area contributed by atoms with Gasteiger partial charge in [0.15, 0.2) is 0 Å². The molecule has 0 bridgehead atoms. The topological polar surface area (TPSA) is 243 Å². The monoisotopic (exact) mass is 692 g/mol. The van der Waals surface area contributed by atoms with Gasteiger partial charge in [-0.05, 0) is 37.0 Å². The Morgan fingerprint density at radius 2 is 1.47 bits per heavy atom. The molecule has 16 heteroatoms. The van der Waals surface area contributed by atoms with E-state index in [0.29, 0.717) is 37.1 Å². The van der Waals surface area contributed by atoms with Crippen molar-refractivity contribution in [3.8, 4) is 0 Å². The van der Waals surface area contributed by atoms with Crippen molar-refractivity contribution in [1.29, 1.82) is 0 Å². The predicted molar refractivity (Wildman–Crippen MR) is 183 cm³/mol. The zero-order valence-corrected chi connectivity index (χ0v) is 29.3. The summed E-state index contributed by atoms with van der Waals surface area (Å²) in [5.41, 5.74) is 5.88. The normalized spacial score (nSPS) is 11.6. The Balaban J connectivity index is 0. The van der Waals surface area contributed by atoms with Gasteiger partial charge < -0.3 is 36.8 Å². The number of anilines is 1. The second-order valence-electron chi connectivity index (χ2n) is 9.72. The van der Waals surface area contributed by atoms with E-state index >= 15 is 0 Å². The van der Waals surface area contributed by atoms with Gasteiger partial charge in [-0.15, -0.1) is 0 Å². The number of urea groups is 1. The number of ether oxygens (including phenoxy) is 1. The molecule has 7 N–H and O–H groups in total. The van der Waals surface area contributed by atoms with Crippen LogP contribution in [0.2, 0.25) is 0 Å². The van der Waals surface area contributed by atoms with Crippen molar-refractivity contribution in [3.05, 3.63) is 42.0 Å². The Morgan fingerprint density at radius 3 is 1.96 bits per heavy atom. The summed E-state index contributed by atoms with van der Waals surface area (Å²) in [6, 6.07) is 4.66. The fourth-order valence-electron chi connectivity index (χ4n) is 3.65. The molecule has 1 aromatic carbocycles. The zero-order valence-electron chi connectivity index (χ0n) is 29.3. The molecule has 16 nitrogen and oxygen atoms in total. The summed E-state index contributed by atoms with van der Waals surface area (Å²) in [5, 5.41) is 18.8. The lowest BCUT2D eigenvalue weighted by molar-refractivity contribution is -0.142. The number of carboxylic acid groups (broad SMARTS) is 1. The minimum Gasteiger partial charge on any atom is -0.481 e. The highest BCUT2D eigenvalue weighted by atomic mass is 16.5. The molecule has 1 atom stereocenters. The molecule has 1 aliphatic rings. The number of carbonyl (C=O) groups excluding carboxylic acids is 7. The van der Waals surface area contributed by atoms with E-state index in [0.717, 1.165) is 11.3 Å². The van der Waals surface area contributed by atoms with E-state index in [2.05, 4.69) is 21.3 Å². The number of imide groups is 1. The van der Waals surface area contributed by atoms with E-state index < -0.39 is 54.7 Å². The van der Waals surface area contributed by atoms with Gasteiger partial charge >= 0.3 is 18.0 Å². The highest BCUT2D eigenvalue weighted by Crippen LogP contribution is 2.11. The van der Waals surface area contributed by atoms with E-state index in [9.17, 15) is 38.4 Å². The number of esters is 1. The summed E-state index contributed by atoms with van der Waals surface area (Å²) in [7, 11) is 0. The number of nitrogens with zero attached hydrogens (tertiary/aromatic N) is 1. The third-order valence-corrected chi connectivity index (χ3v) is 5.87. The molecule has 1 aliphatic heterocycles. The molecule has 0 aliphatic carbocycles. The first kappa shape index (κ1) is 45.8. The number of primary amides is 1. The SMILES string of the molecule is CC.CC.CC(=O)OCc1ccc(NC(=O)CNC(=O)C(CC(=O)O)NC(=O)CCCCCN2C(=O)C=CC2=O)cc1.CCCNC(N)=O. The number of nitrogens with two attached hydrogens (primary N) is 1. The van der Waals surface area contributed by atoms with E-state index in [4.69, 9.17) is 15.6 Å². The van der Waals surface area contributed by atoms with Crippen molar-refractivity contribution < 1.29 is 48.2 Å². The molecule has 0 saturated carbocycles. The molecule has 0 aromatic heterocycles. The average Bonchev–Trinajstić information content (AvgIpc) is 3.39. The maximum absolute atomic E-state index is 12.4. The third-order valence-electron chi connectivity index (χ3n) is 5.87. The van der Waals surface area contributed by atoms with Crippen molar-refractivity contribution in [3.63, 3.8) is 0 Å². The number of hydrogen-bond acceptors (Lipinski definition) is 9. The first-order valence-corrected chi connectivity index (χ1v) is 16.2. The number of hydrogen-bond donors (Lipinski definition) is 6. The lowest BCUT2D eigenvalue weighted by Gasteiger charge is -2.17. The number of carboxylic acids is 1. The first-order valence-electron chi connectivity index (χ1n) is 16.2. The lowest BCUT2D eigenvalue weighted by atomic mass is 10.1. The van der Waals surface area contributed by atoms with Crippen LogP contribution in [0.4, 0.5) is 10.5 Å². The first-order chi connectivity index (χ1) is 23.3. The van der Waals surface area contributed by atoms with Gasteiger partial charge in [-0.25, -0.2) is 4.79 Å². The molecule has 0 spiro atoms. The van der Waals surface area contributed by atoms with Crippen LogP contribution < -0.4 is 27.0 Å². The van der Waals surface area contributed by atoms with Crippen LogP contribution in [-0.4, -0.2) is 83.2 Å². The van der Waals surface area contributed by atoms with Crippen LogP contribution in [0.3, 0.4) is 0 Å². The molecule has 0 fully saturated rings. The number of unbranched alkanes of at least 4 members (excludes halogenated alkanes) is 2. The Morgan fingerprint density at radius 1 is 0.878 bits per heavy atom. The van der Waals surface area contributed by atoms with Gasteiger partial charge in [-0.2, -0.15) is 0 Å². The number of amides is 7. The van der Waals surface area contributed by atoms with Crippen molar-refractivity contribution >= 4 is 53.2 Å². The summed E-state index contributed by atoms with van der Waals surface area (Å²) in [6.45, 7) is 11.8. The molecule has 1 unspecified atom stereocenters. The molecule has 274 valence electrons. The molecular formula is C33H52N6O10. The van der Waals surface area contributed by atoms with E-state index in [-0.39, 0.29) is 31.4 Å². The summed E-state index contributed by atoms with van der Waals surface area (Å²) >= 11 is 0. The molecular weight excluding hydrogens is 640 g/mol. The van der Waals surface area contributed by atoms with Crippen molar-refractivity contribution in [2.45, 2.75) is 92.7 Å². The van der Waals surface area contributed by atoms with Crippen LogP contribution >= 0.6 is 0 Å². The van der Waals surface area contributed by atoms with E-state index in [1.54, 1.807) is 24.3 Å². The zero-order chi connectivity index (χ0) is 37.8. The van der Waals surface area contributed by atoms with Gasteiger partial charge in [0.2, 0.25) is 17.7 Å². The van der Waals surface area contributed by atoms with Crippen LogP contribution in [0.15, 0.2) is 36.4 Å². The van der Waals surface area contributed by atoms with Crippen LogP contribution in [0, 0.1) is 0 Å². The smallest absolute Gasteiger partial charge is 0.312 e. The van der Waals surface area contributed by atoms with Gasteiger partial charge in [0.05, 0.1) is 13.0 Å². The van der Waals surface area contributed by atoms with Crippen molar-refractivity contribution in [2.75, 3.05) is 25.0 Å². The second-order valence-corrected chi connectivity index (χ2v) is 9.72. The van der Waals surface area contributed by atoms with E-state index in [1.807, 2.05) is 34.6 Å². The lowest BCUT2D eigenvalue weighted by Crippen LogP contribution is -2.49. The maximum Gasteiger partial charge on any atom is 0.312 e. The summed E-state index contributed by atoms with van der Waals surface area (Å²) in [6.07, 6.45) is 4.09. The molecule has 0 saturated heterocycles. The minimum absolute atomic E-state index is 0.0114. The number of aliphatic carboxylic acids is 1.